The summed E-state index contributed by atoms with van der Waals surface area (Å²) in [5.74, 6) is -7.11. The van der Waals surface area contributed by atoms with Crippen LogP contribution < -0.4 is 32.3 Å². The second-order valence-electron chi connectivity index (χ2n) is 13.7. The van der Waals surface area contributed by atoms with Crippen molar-refractivity contribution in [3.63, 3.8) is 0 Å². The molecule has 1 aromatic rings. The van der Waals surface area contributed by atoms with E-state index in [0.29, 0.717) is 18.4 Å². The lowest BCUT2D eigenvalue weighted by Gasteiger charge is -2.31. The third-order valence-electron chi connectivity index (χ3n) is 9.25. The molecule has 1 aromatic carbocycles. The number of benzene rings is 1. The summed E-state index contributed by atoms with van der Waals surface area (Å²) in [6, 6.07) is -1.64. The van der Waals surface area contributed by atoms with Crippen molar-refractivity contribution < 1.29 is 58.5 Å². The summed E-state index contributed by atoms with van der Waals surface area (Å²) in [5.41, 5.74) is 5.95. The normalized spacial score (nSPS) is 17.5. The zero-order valence-electron chi connectivity index (χ0n) is 31.4. The smallest absolute Gasteiger partial charge is 0.303 e. The highest BCUT2D eigenvalue weighted by molar-refractivity contribution is 5.97. The van der Waals surface area contributed by atoms with E-state index in [1.807, 2.05) is 0 Å². The Morgan fingerprint density at radius 2 is 1.45 bits per heavy atom. The van der Waals surface area contributed by atoms with Crippen LogP contribution in [0.1, 0.15) is 78.2 Å². The molecule has 0 saturated carbocycles. The van der Waals surface area contributed by atoms with Crippen LogP contribution in [0.2, 0.25) is 0 Å². The number of carboxylic acids is 1. The molecule has 1 aliphatic rings. The van der Waals surface area contributed by atoms with Gasteiger partial charge < -0.3 is 57.3 Å². The number of aliphatic carboxylic acids is 1. The number of phenols is 1. The minimum Gasteiger partial charge on any atom is -0.508 e. The Labute approximate surface area is 318 Å². The number of hydrogen-bond acceptors (Lipinski definition) is 11. The predicted octanol–water partition coefficient (Wildman–Crippen LogP) is -1.87. The second kappa shape index (κ2) is 21.9. The molecule has 0 unspecified atom stereocenters. The minimum atomic E-state index is -1.54. The zero-order valence-corrected chi connectivity index (χ0v) is 31.4. The van der Waals surface area contributed by atoms with Gasteiger partial charge in [-0.15, -0.1) is 0 Å². The number of nitrogens with one attached hydrogen (secondary N) is 5. The number of rotatable bonds is 22. The number of aldehydes is 1. The number of nitrogens with zero attached hydrogens (tertiary/aromatic N) is 1. The van der Waals surface area contributed by atoms with Crippen molar-refractivity contribution in [2.24, 2.45) is 11.7 Å². The van der Waals surface area contributed by atoms with Crippen LogP contribution in [0.15, 0.2) is 24.3 Å². The summed E-state index contributed by atoms with van der Waals surface area (Å²) >= 11 is 0. The highest BCUT2D eigenvalue weighted by Gasteiger charge is 2.40. The van der Waals surface area contributed by atoms with E-state index in [1.165, 1.54) is 30.9 Å². The summed E-state index contributed by atoms with van der Waals surface area (Å²) in [6.45, 7) is 6.11. The number of aliphatic hydroxyl groups is 1. The lowest BCUT2D eigenvalue weighted by molar-refractivity contribution is -0.142. The molecule has 1 fully saturated rings. The minimum absolute atomic E-state index is 0.0206. The number of aliphatic hydroxyl groups excluding tert-OH is 1. The first-order valence-electron chi connectivity index (χ1n) is 18.1. The molecule has 8 atom stereocenters. The van der Waals surface area contributed by atoms with Gasteiger partial charge in [-0.3, -0.25) is 38.4 Å². The standard InChI is InChI=1S/C36H53N7O12/c1-5-19(2)31(42-34(53)28-7-6-16-43(28)36(55)26(38-21(4)46)17-22-8-10-23(47)11-9-22)35(54)40-24(12-14-29(37)48)32(51)39-25(13-15-30(49)50)33(52)41-27(18-44)20(3)45/h8-11,18-20,24-28,31,45,47H,5-7,12-17H2,1-4H3,(H2,37,48)(H,38,46)(H,39,51)(H,40,54)(H,41,52)(H,42,53)(H,49,50)/t19-,20+,24-,25-,26-,27+,28-,31-/m0/s1. The zero-order chi connectivity index (χ0) is 41.4. The number of aromatic hydroxyl groups is 1. The number of nitrogens with two attached hydrogens (primary N) is 1. The average Bonchev–Trinajstić information content (AvgIpc) is 3.62. The van der Waals surface area contributed by atoms with Crippen molar-refractivity contribution in [3.8, 4) is 5.75 Å². The van der Waals surface area contributed by atoms with Crippen LogP contribution in [-0.2, 0) is 49.6 Å². The fraction of sp³-hybridized carbons (Fsp3) is 0.583. The fourth-order valence-corrected chi connectivity index (χ4v) is 5.93. The molecule has 10 N–H and O–H groups in total. The van der Waals surface area contributed by atoms with Crippen molar-refractivity contribution in [1.29, 1.82) is 0 Å². The molecule has 0 radical (unpaired) electrons. The molecule has 1 heterocycles. The topological polar surface area (TPSA) is 304 Å². The lowest BCUT2D eigenvalue weighted by atomic mass is 9.96. The van der Waals surface area contributed by atoms with Crippen LogP contribution in [0.25, 0.3) is 0 Å². The number of primary amides is 1. The summed E-state index contributed by atoms with van der Waals surface area (Å²) < 4.78 is 0. The Bertz CT molecular complexity index is 1550. The van der Waals surface area contributed by atoms with E-state index < -0.39 is 115 Å². The van der Waals surface area contributed by atoms with E-state index in [2.05, 4.69) is 26.6 Å². The molecule has 0 aliphatic carbocycles. The van der Waals surface area contributed by atoms with Crippen molar-refractivity contribution in [2.45, 2.75) is 121 Å². The molecule has 7 amide bonds. The van der Waals surface area contributed by atoms with Gasteiger partial charge in [0.25, 0.3) is 0 Å². The molecule has 1 saturated heterocycles. The maximum absolute atomic E-state index is 13.8. The molecule has 19 nitrogen and oxygen atoms in total. The van der Waals surface area contributed by atoms with E-state index in [4.69, 9.17) is 5.73 Å². The predicted molar refractivity (Wildman–Crippen MR) is 194 cm³/mol. The summed E-state index contributed by atoms with van der Waals surface area (Å²) in [6.07, 6.45) is -1.65. The number of phenolic OH excluding ortho intramolecular Hbond substituents is 1. The third kappa shape index (κ3) is 14.6. The molecule has 0 aromatic heterocycles. The maximum atomic E-state index is 13.8. The van der Waals surface area contributed by atoms with Gasteiger partial charge in [-0.25, -0.2) is 0 Å². The number of likely N-dealkylation sites (tertiary alicyclic amines) is 1. The third-order valence-corrected chi connectivity index (χ3v) is 9.25. The van der Waals surface area contributed by atoms with Crippen molar-refractivity contribution in [1.82, 2.24) is 31.5 Å². The number of carboxylic acid groups (broad SMARTS) is 1. The van der Waals surface area contributed by atoms with Crippen LogP contribution in [0.5, 0.6) is 5.75 Å². The molecular formula is C36H53N7O12. The van der Waals surface area contributed by atoms with Gasteiger partial charge >= 0.3 is 5.97 Å². The SMILES string of the molecule is CC[C@H](C)[C@H](NC(=O)[C@@H]1CCCN1C(=O)[C@H](Cc1ccc(O)cc1)NC(C)=O)C(=O)N[C@@H](CCC(N)=O)C(=O)N[C@@H](CCC(=O)O)C(=O)N[C@H](C=O)[C@@H](C)O. The number of carbonyl (C=O) groups is 9. The van der Waals surface area contributed by atoms with Gasteiger partial charge in [0.05, 0.1) is 6.10 Å². The van der Waals surface area contributed by atoms with E-state index in [0.717, 1.165) is 0 Å². The fourth-order valence-electron chi connectivity index (χ4n) is 5.93. The highest BCUT2D eigenvalue weighted by atomic mass is 16.4. The molecular weight excluding hydrogens is 722 g/mol. The van der Waals surface area contributed by atoms with Crippen LogP contribution in [0.3, 0.4) is 0 Å². The van der Waals surface area contributed by atoms with Crippen LogP contribution in [0.4, 0.5) is 0 Å². The van der Waals surface area contributed by atoms with Crippen LogP contribution in [-0.4, -0.2) is 123 Å². The largest absolute Gasteiger partial charge is 0.508 e. The van der Waals surface area contributed by atoms with Gasteiger partial charge in [0.1, 0.15) is 48.3 Å². The van der Waals surface area contributed by atoms with Gasteiger partial charge in [0.15, 0.2) is 0 Å². The lowest BCUT2D eigenvalue weighted by Crippen LogP contribution is -2.60. The van der Waals surface area contributed by atoms with Gasteiger partial charge in [-0.05, 0) is 56.2 Å². The Balaban J connectivity index is 2.31. The monoisotopic (exact) mass is 775 g/mol. The molecule has 2 rings (SSSR count). The maximum Gasteiger partial charge on any atom is 0.303 e. The highest BCUT2D eigenvalue weighted by Crippen LogP contribution is 2.21. The summed E-state index contributed by atoms with van der Waals surface area (Å²) in [4.78, 5) is 116. The molecule has 19 heteroatoms. The Morgan fingerprint density at radius 3 is 1.98 bits per heavy atom. The first-order chi connectivity index (χ1) is 25.9. The van der Waals surface area contributed by atoms with Crippen molar-refractivity contribution in [2.75, 3.05) is 6.54 Å². The van der Waals surface area contributed by atoms with Crippen LogP contribution in [0, 0.1) is 5.92 Å². The van der Waals surface area contributed by atoms with Gasteiger partial charge in [0, 0.05) is 32.7 Å². The van der Waals surface area contributed by atoms with Crippen LogP contribution >= 0.6 is 0 Å². The van der Waals surface area contributed by atoms with Gasteiger partial charge in [-0.2, -0.15) is 0 Å². The summed E-state index contributed by atoms with van der Waals surface area (Å²) in [5, 5.41) is 41.0. The van der Waals surface area contributed by atoms with Crippen molar-refractivity contribution >= 4 is 53.6 Å². The van der Waals surface area contributed by atoms with Gasteiger partial charge in [-0.1, -0.05) is 32.4 Å². The number of hydrogen-bond donors (Lipinski definition) is 9. The average molecular weight is 776 g/mol. The van der Waals surface area contributed by atoms with Crippen molar-refractivity contribution in [3.05, 3.63) is 29.8 Å². The Kier molecular flexibility index (Phi) is 18.2. The van der Waals surface area contributed by atoms with E-state index in [1.54, 1.807) is 26.0 Å². The second-order valence-corrected chi connectivity index (χ2v) is 13.7. The first-order valence-corrected chi connectivity index (χ1v) is 18.1. The molecule has 0 bridgehead atoms. The molecule has 304 valence electrons. The summed E-state index contributed by atoms with van der Waals surface area (Å²) in [7, 11) is 0. The Hall–Kier alpha value is -5.59. The molecule has 0 spiro atoms. The van der Waals surface area contributed by atoms with E-state index in [9.17, 15) is 58.5 Å². The first kappa shape index (κ1) is 45.6. The molecule has 1 aliphatic heterocycles. The van der Waals surface area contributed by atoms with E-state index in [-0.39, 0.29) is 37.8 Å². The van der Waals surface area contributed by atoms with E-state index >= 15 is 0 Å². The number of amides is 7. The Morgan fingerprint density at radius 1 is 0.873 bits per heavy atom. The van der Waals surface area contributed by atoms with Gasteiger partial charge in [0.2, 0.25) is 41.4 Å². The molecule has 55 heavy (non-hydrogen) atoms. The quantitative estimate of drug-likeness (QED) is 0.0585. The number of carbonyl (C=O) groups excluding carboxylic acids is 8.